The van der Waals surface area contributed by atoms with Crippen LogP contribution in [0.2, 0.25) is 0 Å². The molecule has 0 aliphatic carbocycles. The lowest BCUT2D eigenvalue weighted by atomic mass is 9.88. The highest BCUT2D eigenvalue weighted by Crippen LogP contribution is 2.27. The van der Waals surface area contributed by atoms with Crippen molar-refractivity contribution in [2.45, 2.75) is 55.5 Å². The lowest BCUT2D eigenvalue weighted by Gasteiger charge is -2.37. The molecule has 0 unspecified atom stereocenters. The number of nitrogens with one attached hydrogen (secondary N) is 1. The van der Waals surface area contributed by atoms with Gasteiger partial charge in [-0.3, -0.25) is 14.5 Å². The topological polar surface area (TPSA) is 84.9 Å². The average Bonchev–Trinajstić information content (AvgIpc) is 2.73. The van der Waals surface area contributed by atoms with Crippen molar-refractivity contribution in [1.82, 2.24) is 10.2 Å². The van der Waals surface area contributed by atoms with E-state index >= 15 is 0 Å². The first-order chi connectivity index (χ1) is 15.4. The molecule has 1 fully saturated rings. The van der Waals surface area contributed by atoms with Gasteiger partial charge in [-0.2, -0.15) is 0 Å². The second-order valence-electron chi connectivity index (χ2n) is 9.00. The van der Waals surface area contributed by atoms with Crippen molar-refractivity contribution in [3.05, 3.63) is 35.9 Å². The number of Topliss-reactive ketones (excluding diaryl/α,β-unsaturated/α-hetero) is 1. The highest BCUT2D eigenvalue weighted by Gasteiger charge is 2.38. The third-order valence-corrected chi connectivity index (χ3v) is 5.36. The number of benzene rings is 1. The van der Waals surface area contributed by atoms with E-state index < -0.39 is 40.0 Å². The van der Waals surface area contributed by atoms with Crippen LogP contribution in [0, 0.1) is 5.92 Å². The number of piperazine rings is 1. The monoisotopic (exact) mass is 520 g/mol. The summed E-state index contributed by atoms with van der Waals surface area (Å²) in [5.41, 5.74) is 0.346. The summed E-state index contributed by atoms with van der Waals surface area (Å²) >= 11 is 17.0. The summed E-state index contributed by atoms with van der Waals surface area (Å²) in [6.45, 7) is 6.05. The molecule has 0 bridgehead atoms. The minimum absolute atomic E-state index is 0.176. The minimum Gasteiger partial charge on any atom is -0.461 e. The Morgan fingerprint density at radius 2 is 1.82 bits per heavy atom. The Kier molecular flexibility index (Phi) is 10.3. The maximum atomic E-state index is 13.6. The Morgan fingerprint density at radius 1 is 1.15 bits per heavy atom. The Labute approximate surface area is 210 Å². The number of aryl methyl sites for hydroxylation is 1. The van der Waals surface area contributed by atoms with Gasteiger partial charge in [0, 0.05) is 25.6 Å². The molecule has 0 radical (unpaired) electrons. The van der Waals surface area contributed by atoms with E-state index in [1.807, 2.05) is 30.3 Å². The van der Waals surface area contributed by atoms with Gasteiger partial charge in [0.15, 0.2) is 5.78 Å². The van der Waals surface area contributed by atoms with Gasteiger partial charge in [0.1, 0.15) is 18.2 Å². The molecule has 1 aliphatic rings. The summed E-state index contributed by atoms with van der Waals surface area (Å²) in [5, 5.41) is 3.15. The van der Waals surface area contributed by atoms with Gasteiger partial charge in [0.25, 0.3) is 0 Å². The molecule has 1 amide bonds. The van der Waals surface area contributed by atoms with Crippen LogP contribution in [0.15, 0.2) is 30.3 Å². The van der Waals surface area contributed by atoms with Crippen LogP contribution in [0.3, 0.4) is 0 Å². The summed E-state index contributed by atoms with van der Waals surface area (Å²) in [6.07, 6.45) is 0.264. The zero-order chi connectivity index (χ0) is 24.6. The van der Waals surface area contributed by atoms with E-state index in [1.54, 1.807) is 20.8 Å². The van der Waals surface area contributed by atoms with Gasteiger partial charge in [0.2, 0.25) is 3.79 Å². The molecule has 1 saturated heterocycles. The minimum atomic E-state index is -1.74. The van der Waals surface area contributed by atoms with Crippen molar-refractivity contribution in [3.63, 3.8) is 0 Å². The first-order valence-electron chi connectivity index (χ1n) is 10.9. The number of carbonyl (C=O) groups excluding carboxylic acids is 3. The predicted octanol–water partition coefficient (Wildman–Crippen LogP) is 4.32. The quantitative estimate of drug-likeness (QED) is 0.405. The molecule has 1 aromatic carbocycles. The van der Waals surface area contributed by atoms with Crippen molar-refractivity contribution in [3.8, 4) is 0 Å². The highest BCUT2D eigenvalue weighted by atomic mass is 35.6. The second-order valence-corrected chi connectivity index (χ2v) is 11.5. The third kappa shape index (κ3) is 10.1. The molecule has 2 atom stereocenters. The normalized spacial score (nSPS) is 17.9. The number of carbonyl (C=O) groups is 3. The molecule has 0 spiro atoms. The lowest BCUT2D eigenvalue weighted by Crippen LogP contribution is -2.59. The molecule has 184 valence electrons. The number of ketones is 1. The number of hydrogen-bond acceptors (Lipinski definition) is 6. The summed E-state index contributed by atoms with van der Waals surface area (Å²) < 4.78 is 8.82. The standard InChI is InChI=1S/C23H31Cl3N2O5/c1-22(2,3)33-21(31)28-12-11-27-14-18(28)20(30)17(10-9-16-7-5-4-6-8-16)13-19(29)32-15-23(24,25)26/h4-8,17-18,27H,9-15H2,1-3H3/t17-,18+/m1/s1. The molecule has 1 aliphatic heterocycles. The SMILES string of the molecule is CC(C)(C)OC(=O)N1CCNC[C@H]1C(=O)[C@H](CCc1ccccc1)CC(=O)OCC(Cl)(Cl)Cl. The van der Waals surface area contributed by atoms with Crippen LogP contribution < -0.4 is 5.32 Å². The number of amides is 1. The van der Waals surface area contributed by atoms with Crippen molar-refractivity contribution < 1.29 is 23.9 Å². The fourth-order valence-corrected chi connectivity index (χ4v) is 3.69. The fraction of sp³-hybridized carbons (Fsp3) is 0.609. The maximum Gasteiger partial charge on any atom is 0.410 e. The molecule has 10 heteroatoms. The Bertz CT molecular complexity index is 809. The van der Waals surface area contributed by atoms with Crippen LogP contribution in [-0.2, 0) is 25.5 Å². The molecule has 1 heterocycles. The van der Waals surface area contributed by atoms with Crippen LogP contribution in [0.5, 0.6) is 0 Å². The fourth-order valence-electron chi connectivity index (χ4n) is 3.52. The van der Waals surface area contributed by atoms with Gasteiger partial charge < -0.3 is 14.8 Å². The first-order valence-corrected chi connectivity index (χ1v) is 12.0. The van der Waals surface area contributed by atoms with Gasteiger partial charge >= 0.3 is 12.1 Å². The number of halogens is 3. The number of esters is 1. The summed E-state index contributed by atoms with van der Waals surface area (Å²) in [5.74, 6) is -1.54. The van der Waals surface area contributed by atoms with Gasteiger partial charge in [-0.1, -0.05) is 65.1 Å². The van der Waals surface area contributed by atoms with Crippen LogP contribution in [0.4, 0.5) is 4.79 Å². The third-order valence-electron chi connectivity index (χ3n) is 5.04. The number of ether oxygens (including phenoxy) is 2. The van der Waals surface area contributed by atoms with E-state index in [-0.39, 0.29) is 18.7 Å². The number of nitrogens with zero attached hydrogens (tertiary/aromatic N) is 1. The molecule has 1 N–H and O–H groups in total. The van der Waals surface area contributed by atoms with Gasteiger partial charge in [-0.15, -0.1) is 0 Å². The number of hydrogen-bond donors (Lipinski definition) is 1. The summed E-state index contributed by atoms with van der Waals surface area (Å²) in [4.78, 5) is 40.2. The maximum absolute atomic E-state index is 13.6. The first kappa shape index (κ1) is 27.7. The van der Waals surface area contributed by atoms with Crippen molar-refractivity contribution in [2.24, 2.45) is 5.92 Å². The molecule has 1 aromatic rings. The zero-order valence-corrected chi connectivity index (χ0v) is 21.4. The van der Waals surface area contributed by atoms with E-state index in [2.05, 4.69) is 5.32 Å². The van der Waals surface area contributed by atoms with Crippen molar-refractivity contribution in [1.29, 1.82) is 0 Å². The van der Waals surface area contributed by atoms with Crippen LogP contribution in [0.1, 0.15) is 39.2 Å². The number of rotatable bonds is 8. The summed E-state index contributed by atoms with van der Waals surface area (Å²) in [6, 6.07) is 8.89. The van der Waals surface area contributed by atoms with Crippen LogP contribution in [-0.4, -0.2) is 64.4 Å². The van der Waals surface area contributed by atoms with E-state index in [0.29, 0.717) is 25.9 Å². The largest absolute Gasteiger partial charge is 0.461 e. The molecular formula is C23H31Cl3N2O5. The van der Waals surface area contributed by atoms with E-state index in [1.165, 1.54) is 4.90 Å². The van der Waals surface area contributed by atoms with Gasteiger partial charge in [-0.25, -0.2) is 4.79 Å². The highest BCUT2D eigenvalue weighted by molar-refractivity contribution is 6.67. The second kappa shape index (κ2) is 12.2. The van der Waals surface area contributed by atoms with Crippen molar-refractivity contribution in [2.75, 3.05) is 26.2 Å². The zero-order valence-electron chi connectivity index (χ0n) is 19.1. The molecule has 0 aromatic heterocycles. The number of alkyl halides is 3. The van der Waals surface area contributed by atoms with Crippen LogP contribution >= 0.6 is 34.8 Å². The van der Waals surface area contributed by atoms with E-state index in [9.17, 15) is 14.4 Å². The van der Waals surface area contributed by atoms with Gasteiger partial charge in [-0.05, 0) is 39.2 Å². The van der Waals surface area contributed by atoms with Gasteiger partial charge in [0.05, 0.1) is 6.42 Å². The smallest absolute Gasteiger partial charge is 0.410 e. The predicted molar refractivity (Wildman–Crippen MR) is 129 cm³/mol. The molecule has 33 heavy (non-hydrogen) atoms. The Balaban J connectivity index is 2.16. The summed E-state index contributed by atoms with van der Waals surface area (Å²) in [7, 11) is 0. The molecule has 2 rings (SSSR count). The molecule has 7 nitrogen and oxygen atoms in total. The van der Waals surface area contributed by atoms with E-state index in [0.717, 1.165) is 5.56 Å². The average molecular weight is 522 g/mol. The Morgan fingerprint density at radius 3 is 2.42 bits per heavy atom. The van der Waals surface area contributed by atoms with Crippen LogP contribution in [0.25, 0.3) is 0 Å². The van der Waals surface area contributed by atoms with Crippen molar-refractivity contribution >= 4 is 52.6 Å². The molecule has 0 saturated carbocycles. The van der Waals surface area contributed by atoms with E-state index in [4.69, 9.17) is 44.3 Å². The molecular weight excluding hydrogens is 491 g/mol. The Hall–Kier alpha value is -1.54. The lowest BCUT2D eigenvalue weighted by molar-refractivity contribution is -0.147.